The van der Waals surface area contributed by atoms with Crippen LogP contribution in [0.25, 0.3) is 0 Å². The highest BCUT2D eigenvalue weighted by atomic mass is 16.7. The first kappa shape index (κ1) is 6.64. The highest BCUT2D eigenvalue weighted by Gasteiger charge is 2.46. The number of hydrogen-bond acceptors (Lipinski definition) is 3. The Morgan fingerprint density at radius 2 is 2.36 bits per heavy atom. The van der Waals surface area contributed by atoms with Crippen molar-refractivity contribution in [2.45, 2.75) is 31.3 Å². The van der Waals surface area contributed by atoms with Crippen LogP contribution >= 0.6 is 0 Å². The Kier molecular flexibility index (Phi) is 1.19. The third-order valence-electron chi connectivity index (χ3n) is 2.35. The van der Waals surface area contributed by atoms with Gasteiger partial charge in [0.1, 0.15) is 5.60 Å². The molecule has 0 aromatic rings. The van der Waals surface area contributed by atoms with Gasteiger partial charge in [0.05, 0.1) is 0 Å². The van der Waals surface area contributed by atoms with Crippen molar-refractivity contribution >= 4 is 11.7 Å². The van der Waals surface area contributed by atoms with Gasteiger partial charge in [0, 0.05) is 6.42 Å². The van der Waals surface area contributed by atoms with Crippen molar-refractivity contribution in [2.75, 3.05) is 0 Å². The van der Waals surface area contributed by atoms with Crippen LogP contribution in [-0.2, 0) is 9.63 Å². The topological polar surface area (TPSA) is 58.9 Å². The first-order valence-electron chi connectivity index (χ1n) is 3.70. The Morgan fingerprint density at radius 1 is 1.64 bits per heavy atom. The first-order chi connectivity index (χ1) is 5.22. The molecular weight excluding hydrogens is 146 g/mol. The summed E-state index contributed by atoms with van der Waals surface area (Å²) in [5.41, 5.74) is -0.0435. The lowest BCUT2D eigenvalue weighted by Gasteiger charge is -2.34. The molecule has 2 aliphatic rings. The summed E-state index contributed by atoms with van der Waals surface area (Å²) < 4.78 is 0. The molecule has 0 aromatic heterocycles. The van der Waals surface area contributed by atoms with Crippen LogP contribution in [0.15, 0.2) is 5.16 Å². The van der Waals surface area contributed by atoms with Crippen molar-refractivity contribution in [1.29, 1.82) is 0 Å². The van der Waals surface area contributed by atoms with Gasteiger partial charge in [-0.1, -0.05) is 5.16 Å². The van der Waals surface area contributed by atoms with Crippen molar-refractivity contribution in [2.24, 2.45) is 5.16 Å². The summed E-state index contributed by atoms with van der Waals surface area (Å²) in [6, 6.07) is 0. The standard InChI is InChI=1S/C7H9NO3/c9-6(10)5-4-7(11-8-5)2-1-3-7/h1-4H2,(H,9,10). The lowest BCUT2D eigenvalue weighted by atomic mass is 9.77. The van der Waals surface area contributed by atoms with Gasteiger partial charge in [0.25, 0.3) is 0 Å². The number of carboxylic acids is 1. The largest absolute Gasteiger partial charge is 0.477 e. The van der Waals surface area contributed by atoms with Crippen LogP contribution in [0.2, 0.25) is 0 Å². The van der Waals surface area contributed by atoms with Gasteiger partial charge in [-0.15, -0.1) is 0 Å². The Bertz CT molecular complexity index is 230. The van der Waals surface area contributed by atoms with E-state index >= 15 is 0 Å². The summed E-state index contributed by atoms with van der Waals surface area (Å²) in [6.45, 7) is 0. The van der Waals surface area contributed by atoms with E-state index in [-0.39, 0.29) is 11.3 Å². The molecule has 11 heavy (non-hydrogen) atoms. The van der Waals surface area contributed by atoms with Crippen LogP contribution in [0.5, 0.6) is 0 Å². The van der Waals surface area contributed by atoms with Crippen molar-refractivity contribution in [1.82, 2.24) is 0 Å². The number of rotatable bonds is 1. The highest BCUT2D eigenvalue weighted by molar-refractivity contribution is 6.36. The normalized spacial score (nSPS) is 25.6. The molecule has 0 atom stereocenters. The zero-order valence-corrected chi connectivity index (χ0v) is 6.04. The Labute approximate surface area is 63.8 Å². The molecule has 0 amide bonds. The van der Waals surface area contributed by atoms with E-state index in [1.807, 2.05) is 0 Å². The SMILES string of the molecule is O=C(O)C1=NOC2(CCC2)C1. The predicted molar refractivity (Wildman–Crippen MR) is 37.4 cm³/mol. The molecule has 1 aliphatic carbocycles. The Morgan fingerprint density at radius 3 is 2.64 bits per heavy atom. The van der Waals surface area contributed by atoms with Gasteiger partial charge in [0.15, 0.2) is 5.71 Å². The molecule has 60 valence electrons. The zero-order valence-electron chi connectivity index (χ0n) is 6.04. The lowest BCUT2D eigenvalue weighted by Crippen LogP contribution is -2.37. The quantitative estimate of drug-likeness (QED) is 0.608. The maximum atomic E-state index is 10.4. The number of aliphatic carboxylic acids is 1. The van der Waals surface area contributed by atoms with Crippen molar-refractivity contribution < 1.29 is 14.7 Å². The minimum Gasteiger partial charge on any atom is -0.477 e. The maximum absolute atomic E-state index is 10.4. The van der Waals surface area contributed by atoms with E-state index in [2.05, 4.69) is 5.16 Å². The maximum Gasteiger partial charge on any atom is 0.353 e. The number of nitrogens with zero attached hydrogens (tertiary/aromatic N) is 1. The molecule has 1 heterocycles. The highest BCUT2D eigenvalue weighted by Crippen LogP contribution is 2.42. The summed E-state index contributed by atoms with van der Waals surface area (Å²) in [5, 5.41) is 12.1. The van der Waals surface area contributed by atoms with E-state index in [1.165, 1.54) is 0 Å². The summed E-state index contributed by atoms with van der Waals surface area (Å²) in [4.78, 5) is 15.5. The second-order valence-electron chi connectivity index (χ2n) is 3.15. The molecule has 0 saturated heterocycles. The number of hydrogen-bond donors (Lipinski definition) is 1. The minimum absolute atomic E-state index is 0.171. The molecule has 1 N–H and O–H groups in total. The van der Waals surface area contributed by atoms with E-state index < -0.39 is 5.97 Å². The van der Waals surface area contributed by atoms with Crippen LogP contribution in [0, 0.1) is 0 Å². The Hall–Kier alpha value is -1.06. The lowest BCUT2D eigenvalue weighted by molar-refractivity contribution is -0.129. The van der Waals surface area contributed by atoms with Crippen LogP contribution < -0.4 is 0 Å². The van der Waals surface area contributed by atoms with Gasteiger partial charge in [-0.25, -0.2) is 4.79 Å². The van der Waals surface area contributed by atoms with E-state index in [9.17, 15) is 4.79 Å². The molecule has 1 aliphatic heterocycles. The minimum atomic E-state index is -0.950. The molecule has 0 aromatic carbocycles. The second kappa shape index (κ2) is 1.96. The van der Waals surface area contributed by atoms with Gasteiger partial charge < -0.3 is 9.94 Å². The number of oxime groups is 1. The molecule has 4 nitrogen and oxygen atoms in total. The van der Waals surface area contributed by atoms with E-state index in [0.29, 0.717) is 6.42 Å². The van der Waals surface area contributed by atoms with Gasteiger partial charge in [-0.05, 0) is 19.3 Å². The fourth-order valence-electron chi connectivity index (χ4n) is 1.48. The molecule has 4 heteroatoms. The zero-order chi connectivity index (χ0) is 7.90. The van der Waals surface area contributed by atoms with Crippen LogP contribution in [0.4, 0.5) is 0 Å². The molecule has 0 radical (unpaired) electrons. The van der Waals surface area contributed by atoms with Gasteiger partial charge in [-0.2, -0.15) is 0 Å². The molecule has 0 bridgehead atoms. The molecule has 1 saturated carbocycles. The molecule has 1 spiro atoms. The van der Waals surface area contributed by atoms with E-state index in [4.69, 9.17) is 9.94 Å². The van der Waals surface area contributed by atoms with Gasteiger partial charge in [-0.3, -0.25) is 0 Å². The third kappa shape index (κ3) is 0.895. The summed E-state index contributed by atoms with van der Waals surface area (Å²) in [7, 11) is 0. The van der Waals surface area contributed by atoms with Crippen molar-refractivity contribution in [3.05, 3.63) is 0 Å². The van der Waals surface area contributed by atoms with Gasteiger partial charge in [0.2, 0.25) is 0 Å². The summed E-state index contributed by atoms with van der Waals surface area (Å²) >= 11 is 0. The molecular formula is C7H9NO3. The van der Waals surface area contributed by atoms with E-state index in [1.54, 1.807) is 0 Å². The predicted octanol–water partition coefficient (Wildman–Crippen LogP) is 0.770. The first-order valence-corrected chi connectivity index (χ1v) is 3.70. The smallest absolute Gasteiger partial charge is 0.353 e. The van der Waals surface area contributed by atoms with Crippen LogP contribution in [0.3, 0.4) is 0 Å². The van der Waals surface area contributed by atoms with Crippen LogP contribution in [-0.4, -0.2) is 22.4 Å². The average Bonchev–Trinajstić information content (AvgIpc) is 2.28. The summed E-state index contributed by atoms with van der Waals surface area (Å²) in [5.74, 6) is -0.950. The molecule has 1 fully saturated rings. The number of carbonyl (C=O) groups is 1. The van der Waals surface area contributed by atoms with Crippen molar-refractivity contribution in [3.63, 3.8) is 0 Å². The second-order valence-corrected chi connectivity index (χ2v) is 3.15. The fourth-order valence-corrected chi connectivity index (χ4v) is 1.48. The fraction of sp³-hybridized carbons (Fsp3) is 0.714. The van der Waals surface area contributed by atoms with Crippen LogP contribution in [0.1, 0.15) is 25.7 Å². The average molecular weight is 155 g/mol. The van der Waals surface area contributed by atoms with E-state index in [0.717, 1.165) is 19.3 Å². The summed E-state index contributed by atoms with van der Waals surface area (Å²) in [6.07, 6.45) is 3.52. The molecule has 2 rings (SSSR count). The van der Waals surface area contributed by atoms with Gasteiger partial charge >= 0.3 is 5.97 Å². The third-order valence-corrected chi connectivity index (χ3v) is 2.35. The number of carboxylic acid groups (broad SMARTS) is 1. The molecule has 0 unspecified atom stereocenters. The Balaban J connectivity index is 2.05. The monoisotopic (exact) mass is 155 g/mol. The van der Waals surface area contributed by atoms with Crippen molar-refractivity contribution in [3.8, 4) is 0 Å².